The zero-order valence-electron chi connectivity index (χ0n) is 15.8. The number of carbonyl (C=O) groups excluding carboxylic acids is 1. The second-order valence-electron chi connectivity index (χ2n) is 7.14. The van der Waals surface area contributed by atoms with Crippen LogP contribution in [-0.4, -0.2) is 40.5 Å². The minimum Gasteiger partial charge on any atom is -0.466 e. The van der Waals surface area contributed by atoms with Crippen LogP contribution in [-0.2, 0) is 28.7 Å². The molecular weight excluding hydrogens is 371 g/mol. The quantitative estimate of drug-likeness (QED) is 0.756. The number of aromatic nitrogens is 2. The van der Waals surface area contributed by atoms with Crippen LogP contribution in [0.5, 0.6) is 0 Å². The second kappa shape index (κ2) is 8.34. The van der Waals surface area contributed by atoms with E-state index in [1.165, 1.54) is 12.1 Å². The minimum absolute atomic E-state index is 0.0239. The van der Waals surface area contributed by atoms with E-state index in [9.17, 15) is 18.0 Å². The lowest BCUT2D eigenvalue weighted by Gasteiger charge is -2.40. The molecule has 0 amide bonds. The molecular formula is C20H24F3N3O2. The molecule has 0 saturated carbocycles. The largest absolute Gasteiger partial charge is 0.466 e. The molecule has 1 aromatic carbocycles. The number of ether oxygens (including phenoxy) is 1. The molecule has 8 heteroatoms. The number of piperidine rings is 1. The molecule has 3 rings (SSSR count). The van der Waals surface area contributed by atoms with Crippen molar-refractivity contribution in [1.82, 2.24) is 14.9 Å². The van der Waals surface area contributed by atoms with Crippen molar-refractivity contribution in [2.24, 2.45) is 5.41 Å². The number of imidazole rings is 1. The molecule has 1 saturated heterocycles. The maximum Gasteiger partial charge on any atom is 0.416 e. The molecule has 1 aromatic heterocycles. The Kier molecular flexibility index (Phi) is 6.07. The van der Waals surface area contributed by atoms with Gasteiger partial charge in [0.05, 0.1) is 24.1 Å². The number of nitrogens with zero attached hydrogens (tertiary/aromatic N) is 2. The van der Waals surface area contributed by atoms with Crippen LogP contribution in [0.2, 0.25) is 0 Å². The average Bonchev–Trinajstić information content (AvgIpc) is 3.16. The van der Waals surface area contributed by atoms with Crippen molar-refractivity contribution < 1.29 is 22.7 Å². The number of hydrogen-bond donors (Lipinski definition) is 1. The zero-order valence-corrected chi connectivity index (χ0v) is 15.8. The summed E-state index contributed by atoms with van der Waals surface area (Å²) in [7, 11) is 0. The Morgan fingerprint density at radius 3 is 2.61 bits per heavy atom. The second-order valence-corrected chi connectivity index (χ2v) is 7.14. The first-order valence-electron chi connectivity index (χ1n) is 9.37. The van der Waals surface area contributed by atoms with Crippen molar-refractivity contribution in [2.75, 3.05) is 19.7 Å². The summed E-state index contributed by atoms with van der Waals surface area (Å²) in [5, 5.41) is 0. The van der Waals surface area contributed by atoms with Gasteiger partial charge in [-0.25, -0.2) is 4.98 Å². The Labute approximate surface area is 161 Å². The molecule has 28 heavy (non-hydrogen) atoms. The maximum atomic E-state index is 13.4. The van der Waals surface area contributed by atoms with Crippen LogP contribution in [0.15, 0.2) is 36.7 Å². The van der Waals surface area contributed by atoms with E-state index in [-0.39, 0.29) is 18.6 Å². The first-order chi connectivity index (χ1) is 13.3. The summed E-state index contributed by atoms with van der Waals surface area (Å²) in [5.41, 5.74) is -1.49. The summed E-state index contributed by atoms with van der Waals surface area (Å²) in [6.45, 7) is 3.71. The molecule has 1 fully saturated rings. The lowest BCUT2D eigenvalue weighted by Crippen LogP contribution is -2.46. The third kappa shape index (κ3) is 4.55. The molecule has 0 atom stereocenters. The van der Waals surface area contributed by atoms with E-state index < -0.39 is 23.1 Å². The Bertz CT molecular complexity index is 782. The number of nitrogens with one attached hydrogen (secondary N) is 1. The molecule has 0 spiro atoms. The summed E-state index contributed by atoms with van der Waals surface area (Å²) < 4.78 is 45.5. The molecule has 0 radical (unpaired) electrons. The van der Waals surface area contributed by atoms with Gasteiger partial charge in [0.15, 0.2) is 0 Å². The Morgan fingerprint density at radius 1 is 1.29 bits per heavy atom. The SMILES string of the molecule is CCOC(=O)C1(Cc2ccccc2C(F)(F)F)CCN(Cc2ncc[nH]2)CC1. The molecule has 1 aliphatic rings. The molecule has 1 N–H and O–H groups in total. The van der Waals surface area contributed by atoms with Crippen molar-refractivity contribution in [3.05, 3.63) is 53.6 Å². The third-order valence-corrected chi connectivity index (χ3v) is 5.30. The van der Waals surface area contributed by atoms with Crippen molar-refractivity contribution in [3.8, 4) is 0 Å². The number of halogens is 3. The fraction of sp³-hybridized carbons (Fsp3) is 0.500. The Hall–Kier alpha value is -2.35. The average molecular weight is 395 g/mol. The van der Waals surface area contributed by atoms with Crippen LogP contribution in [0, 0.1) is 5.41 Å². The van der Waals surface area contributed by atoms with Gasteiger partial charge in [-0.05, 0) is 50.9 Å². The molecule has 1 aliphatic heterocycles. The summed E-state index contributed by atoms with van der Waals surface area (Å²) in [5.74, 6) is 0.413. The van der Waals surface area contributed by atoms with Crippen LogP contribution in [0.1, 0.15) is 36.7 Å². The van der Waals surface area contributed by atoms with E-state index in [1.54, 1.807) is 25.4 Å². The van der Waals surface area contributed by atoms with E-state index >= 15 is 0 Å². The third-order valence-electron chi connectivity index (χ3n) is 5.30. The van der Waals surface area contributed by atoms with Gasteiger partial charge in [0, 0.05) is 12.4 Å². The normalized spacial score (nSPS) is 17.4. The summed E-state index contributed by atoms with van der Waals surface area (Å²) in [4.78, 5) is 22.2. The highest BCUT2D eigenvalue weighted by Crippen LogP contribution is 2.40. The lowest BCUT2D eigenvalue weighted by atomic mass is 9.73. The van der Waals surface area contributed by atoms with Crippen LogP contribution in [0.3, 0.4) is 0 Å². The summed E-state index contributed by atoms with van der Waals surface area (Å²) in [6, 6.07) is 5.48. The van der Waals surface area contributed by atoms with E-state index in [2.05, 4.69) is 14.9 Å². The van der Waals surface area contributed by atoms with Gasteiger partial charge in [-0.3, -0.25) is 9.69 Å². The number of likely N-dealkylation sites (tertiary alicyclic amines) is 1. The number of esters is 1. The smallest absolute Gasteiger partial charge is 0.416 e. The van der Waals surface area contributed by atoms with Gasteiger partial charge in [0.2, 0.25) is 0 Å². The van der Waals surface area contributed by atoms with Crippen molar-refractivity contribution in [1.29, 1.82) is 0 Å². The maximum absolute atomic E-state index is 13.4. The number of benzene rings is 1. The lowest BCUT2D eigenvalue weighted by molar-refractivity contribution is -0.159. The molecule has 5 nitrogen and oxygen atoms in total. The molecule has 2 aromatic rings. The van der Waals surface area contributed by atoms with E-state index in [1.807, 2.05) is 0 Å². The standard InChI is InChI=1S/C20H24F3N3O2/c1-2-28-18(27)19(13-15-5-3-4-6-16(15)20(21,22)23)7-11-26(12-8-19)14-17-24-9-10-25-17/h3-6,9-10H,2,7-8,11-14H2,1H3,(H,24,25). The van der Waals surface area contributed by atoms with E-state index in [4.69, 9.17) is 4.74 Å². The fourth-order valence-electron chi connectivity index (χ4n) is 3.79. The first kappa shape index (κ1) is 20.4. The van der Waals surface area contributed by atoms with Gasteiger partial charge < -0.3 is 9.72 Å². The molecule has 2 heterocycles. The van der Waals surface area contributed by atoms with Gasteiger partial charge in [-0.2, -0.15) is 13.2 Å². The number of rotatable bonds is 6. The number of H-pyrrole nitrogens is 1. The summed E-state index contributed by atoms with van der Waals surface area (Å²) >= 11 is 0. The first-order valence-corrected chi connectivity index (χ1v) is 9.37. The van der Waals surface area contributed by atoms with E-state index in [0.717, 1.165) is 11.9 Å². The Balaban J connectivity index is 1.80. The van der Waals surface area contributed by atoms with Gasteiger partial charge in [0.25, 0.3) is 0 Å². The highest BCUT2D eigenvalue weighted by molar-refractivity contribution is 5.77. The van der Waals surface area contributed by atoms with Crippen LogP contribution in [0.4, 0.5) is 13.2 Å². The summed E-state index contributed by atoms with van der Waals surface area (Å²) in [6.07, 6.45) is -0.119. The van der Waals surface area contributed by atoms with Crippen LogP contribution in [0.25, 0.3) is 0 Å². The molecule has 152 valence electrons. The van der Waals surface area contributed by atoms with Gasteiger partial charge in [0.1, 0.15) is 5.82 Å². The number of hydrogen-bond acceptors (Lipinski definition) is 4. The van der Waals surface area contributed by atoms with Crippen LogP contribution >= 0.6 is 0 Å². The van der Waals surface area contributed by atoms with Crippen molar-refractivity contribution >= 4 is 5.97 Å². The van der Waals surface area contributed by atoms with Crippen LogP contribution < -0.4 is 0 Å². The number of aromatic amines is 1. The van der Waals surface area contributed by atoms with Crippen molar-refractivity contribution in [3.63, 3.8) is 0 Å². The number of carbonyl (C=O) groups is 1. The highest BCUT2D eigenvalue weighted by Gasteiger charge is 2.44. The zero-order chi connectivity index (χ0) is 20.2. The molecule has 0 aliphatic carbocycles. The molecule has 0 unspecified atom stereocenters. The minimum atomic E-state index is -4.45. The monoisotopic (exact) mass is 395 g/mol. The van der Waals surface area contributed by atoms with Crippen molar-refractivity contribution in [2.45, 2.75) is 38.9 Å². The fourth-order valence-corrected chi connectivity index (χ4v) is 3.79. The highest BCUT2D eigenvalue weighted by atomic mass is 19.4. The van der Waals surface area contributed by atoms with Gasteiger partial charge >= 0.3 is 12.1 Å². The predicted molar refractivity (Wildman–Crippen MR) is 97.3 cm³/mol. The van der Waals surface area contributed by atoms with E-state index in [0.29, 0.717) is 32.5 Å². The Morgan fingerprint density at radius 2 is 2.00 bits per heavy atom. The van der Waals surface area contributed by atoms with Gasteiger partial charge in [-0.15, -0.1) is 0 Å². The topological polar surface area (TPSA) is 58.2 Å². The number of alkyl halides is 3. The molecule has 0 bridgehead atoms. The predicted octanol–water partition coefficient (Wildman–Crippen LogP) is 3.82. The van der Waals surface area contributed by atoms with Gasteiger partial charge in [-0.1, -0.05) is 18.2 Å².